The van der Waals surface area contributed by atoms with Crippen LogP contribution in [-0.2, 0) is 9.53 Å². The van der Waals surface area contributed by atoms with Gasteiger partial charge in [0, 0.05) is 12.6 Å². The molecule has 4 nitrogen and oxygen atoms in total. The minimum absolute atomic E-state index is 0.0000246. The first-order chi connectivity index (χ1) is 7.81. The average molecular weight is 226 g/mol. The Kier molecular flexibility index (Phi) is 4.18. The lowest BCUT2D eigenvalue weighted by Gasteiger charge is -2.26. The fourth-order valence-electron chi connectivity index (χ4n) is 2.35. The SMILES string of the molecule is CCNC1COCC1C(=O)NCC1CCC1. The van der Waals surface area contributed by atoms with Gasteiger partial charge in [0.2, 0.25) is 5.91 Å². The standard InChI is InChI=1S/C12H22N2O2/c1-2-13-11-8-16-7-10(11)12(15)14-6-9-4-3-5-9/h9-11,13H,2-8H2,1H3,(H,14,15). The Balaban J connectivity index is 1.73. The molecule has 2 rings (SSSR count). The van der Waals surface area contributed by atoms with E-state index in [9.17, 15) is 4.79 Å². The van der Waals surface area contributed by atoms with Crippen molar-refractivity contribution in [1.29, 1.82) is 0 Å². The predicted octanol–water partition coefficient (Wildman–Crippen LogP) is 0.527. The highest BCUT2D eigenvalue weighted by Gasteiger charge is 2.33. The molecule has 16 heavy (non-hydrogen) atoms. The second kappa shape index (κ2) is 5.64. The lowest BCUT2D eigenvalue weighted by atomic mass is 9.85. The highest BCUT2D eigenvalue weighted by atomic mass is 16.5. The number of carbonyl (C=O) groups excluding carboxylic acids is 1. The van der Waals surface area contributed by atoms with Gasteiger partial charge < -0.3 is 15.4 Å². The minimum Gasteiger partial charge on any atom is -0.379 e. The number of hydrogen-bond donors (Lipinski definition) is 2. The van der Waals surface area contributed by atoms with Gasteiger partial charge in [-0.25, -0.2) is 0 Å². The van der Waals surface area contributed by atoms with E-state index in [1.807, 2.05) is 0 Å². The molecule has 0 aromatic rings. The third-order valence-corrected chi connectivity index (χ3v) is 3.67. The van der Waals surface area contributed by atoms with Crippen molar-refractivity contribution in [3.8, 4) is 0 Å². The summed E-state index contributed by atoms with van der Waals surface area (Å²) in [6, 6.07) is 0.200. The Morgan fingerprint density at radius 2 is 2.19 bits per heavy atom. The van der Waals surface area contributed by atoms with Crippen LogP contribution < -0.4 is 10.6 Å². The van der Waals surface area contributed by atoms with E-state index in [1.54, 1.807) is 0 Å². The first kappa shape index (κ1) is 11.9. The molecule has 1 aliphatic heterocycles. The quantitative estimate of drug-likeness (QED) is 0.719. The van der Waals surface area contributed by atoms with E-state index in [0.717, 1.165) is 19.0 Å². The Bertz CT molecular complexity index is 241. The van der Waals surface area contributed by atoms with Gasteiger partial charge in [0.1, 0.15) is 0 Å². The Morgan fingerprint density at radius 3 is 2.81 bits per heavy atom. The van der Waals surface area contributed by atoms with Gasteiger partial charge in [-0.2, -0.15) is 0 Å². The molecule has 1 aliphatic carbocycles. The average Bonchev–Trinajstić information content (AvgIpc) is 2.64. The largest absolute Gasteiger partial charge is 0.379 e. The molecule has 2 atom stereocenters. The maximum absolute atomic E-state index is 11.9. The number of nitrogens with one attached hydrogen (secondary N) is 2. The molecule has 1 amide bonds. The molecule has 4 heteroatoms. The molecule has 0 radical (unpaired) electrons. The van der Waals surface area contributed by atoms with E-state index >= 15 is 0 Å². The van der Waals surface area contributed by atoms with Crippen LogP contribution in [0.4, 0.5) is 0 Å². The maximum Gasteiger partial charge on any atom is 0.227 e. The van der Waals surface area contributed by atoms with Crippen LogP contribution in [-0.4, -0.2) is 38.3 Å². The molecular weight excluding hydrogens is 204 g/mol. The van der Waals surface area contributed by atoms with Crippen molar-refractivity contribution in [3.05, 3.63) is 0 Å². The number of hydrogen-bond acceptors (Lipinski definition) is 3. The smallest absolute Gasteiger partial charge is 0.227 e. The van der Waals surface area contributed by atoms with Gasteiger partial charge >= 0.3 is 0 Å². The molecule has 1 saturated carbocycles. The van der Waals surface area contributed by atoms with Crippen molar-refractivity contribution in [1.82, 2.24) is 10.6 Å². The normalized spacial score (nSPS) is 30.1. The van der Waals surface area contributed by atoms with Gasteiger partial charge in [-0.1, -0.05) is 13.3 Å². The fourth-order valence-corrected chi connectivity index (χ4v) is 2.35. The predicted molar refractivity (Wildman–Crippen MR) is 62.1 cm³/mol. The van der Waals surface area contributed by atoms with Crippen LogP contribution in [0.3, 0.4) is 0 Å². The zero-order valence-corrected chi connectivity index (χ0v) is 10.00. The first-order valence-corrected chi connectivity index (χ1v) is 6.40. The molecule has 0 bridgehead atoms. The number of amides is 1. The van der Waals surface area contributed by atoms with E-state index in [2.05, 4.69) is 17.6 Å². The van der Waals surface area contributed by atoms with E-state index in [4.69, 9.17) is 4.74 Å². The third kappa shape index (κ3) is 2.74. The first-order valence-electron chi connectivity index (χ1n) is 6.40. The molecular formula is C12H22N2O2. The molecule has 2 fully saturated rings. The number of ether oxygens (including phenoxy) is 1. The molecule has 2 N–H and O–H groups in total. The van der Waals surface area contributed by atoms with Crippen molar-refractivity contribution >= 4 is 5.91 Å². The zero-order chi connectivity index (χ0) is 11.4. The van der Waals surface area contributed by atoms with E-state index in [1.165, 1.54) is 19.3 Å². The summed E-state index contributed by atoms with van der Waals surface area (Å²) in [5.41, 5.74) is 0. The second-order valence-electron chi connectivity index (χ2n) is 4.85. The van der Waals surface area contributed by atoms with Gasteiger partial charge in [0.05, 0.1) is 19.1 Å². The van der Waals surface area contributed by atoms with Crippen molar-refractivity contribution in [2.24, 2.45) is 11.8 Å². The van der Waals surface area contributed by atoms with Crippen molar-refractivity contribution in [2.75, 3.05) is 26.3 Å². The van der Waals surface area contributed by atoms with Crippen molar-refractivity contribution in [2.45, 2.75) is 32.2 Å². The van der Waals surface area contributed by atoms with E-state index in [0.29, 0.717) is 13.2 Å². The fraction of sp³-hybridized carbons (Fsp3) is 0.917. The van der Waals surface area contributed by atoms with Crippen LogP contribution in [0.25, 0.3) is 0 Å². The van der Waals surface area contributed by atoms with Crippen LogP contribution in [0, 0.1) is 11.8 Å². The van der Waals surface area contributed by atoms with Crippen molar-refractivity contribution in [3.63, 3.8) is 0 Å². The van der Waals surface area contributed by atoms with Gasteiger partial charge in [0.25, 0.3) is 0 Å². The van der Waals surface area contributed by atoms with E-state index < -0.39 is 0 Å². The lowest BCUT2D eigenvalue weighted by molar-refractivity contribution is -0.125. The maximum atomic E-state index is 11.9. The monoisotopic (exact) mass is 226 g/mol. The Morgan fingerprint density at radius 1 is 1.38 bits per heavy atom. The summed E-state index contributed by atoms with van der Waals surface area (Å²) in [6.07, 6.45) is 3.88. The van der Waals surface area contributed by atoms with Gasteiger partial charge in [-0.3, -0.25) is 4.79 Å². The van der Waals surface area contributed by atoms with Gasteiger partial charge in [-0.05, 0) is 25.3 Å². The summed E-state index contributed by atoms with van der Waals surface area (Å²) in [6.45, 7) is 5.03. The van der Waals surface area contributed by atoms with Crippen LogP contribution in [0.15, 0.2) is 0 Å². The molecule has 0 aromatic heterocycles. The summed E-state index contributed by atoms with van der Waals surface area (Å²) < 4.78 is 5.37. The highest BCUT2D eigenvalue weighted by Crippen LogP contribution is 2.25. The molecule has 92 valence electrons. The summed E-state index contributed by atoms with van der Waals surface area (Å²) in [7, 11) is 0. The van der Waals surface area contributed by atoms with E-state index in [-0.39, 0.29) is 17.9 Å². The number of rotatable bonds is 5. The molecule has 0 spiro atoms. The topological polar surface area (TPSA) is 50.4 Å². The molecule has 0 aromatic carbocycles. The summed E-state index contributed by atoms with van der Waals surface area (Å²) in [5.74, 6) is 0.888. The van der Waals surface area contributed by atoms with Crippen molar-refractivity contribution < 1.29 is 9.53 Å². The number of carbonyl (C=O) groups is 1. The lowest BCUT2D eigenvalue weighted by Crippen LogP contribution is -2.45. The number of likely N-dealkylation sites (N-methyl/N-ethyl adjacent to an activating group) is 1. The van der Waals surface area contributed by atoms with Gasteiger partial charge in [0.15, 0.2) is 0 Å². The second-order valence-corrected chi connectivity index (χ2v) is 4.85. The van der Waals surface area contributed by atoms with Crippen LogP contribution in [0.2, 0.25) is 0 Å². The zero-order valence-electron chi connectivity index (χ0n) is 10.00. The highest BCUT2D eigenvalue weighted by molar-refractivity contribution is 5.79. The summed E-state index contributed by atoms with van der Waals surface area (Å²) in [4.78, 5) is 11.9. The van der Waals surface area contributed by atoms with Crippen LogP contribution in [0.5, 0.6) is 0 Å². The molecule has 1 saturated heterocycles. The Hall–Kier alpha value is -0.610. The molecule has 2 unspecified atom stereocenters. The van der Waals surface area contributed by atoms with Crippen LogP contribution in [0.1, 0.15) is 26.2 Å². The third-order valence-electron chi connectivity index (χ3n) is 3.67. The van der Waals surface area contributed by atoms with Crippen LogP contribution >= 0.6 is 0 Å². The summed E-state index contributed by atoms with van der Waals surface area (Å²) >= 11 is 0. The molecule has 1 heterocycles. The summed E-state index contributed by atoms with van der Waals surface area (Å²) in [5, 5.41) is 6.36. The minimum atomic E-state index is 0.0000246. The van der Waals surface area contributed by atoms with Gasteiger partial charge in [-0.15, -0.1) is 0 Å². The molecule has 2 aliphatic rings. The Labute approximate surface area is 97.1 Å².